The molecular formula is C18H17FN4O3. The van der Waals surface area contributed by atoms with Crippen molar-refractivity contribution in [1.29, 1.82) is 0 Å². The van der Waals surface area contributed by atoms with Crippen LogP contribution < -0.4 is 25.8 Å². The molecule has 4 rings (SSSR count). The van der Waals surface area contributed by atoms with Crippen molar-refractivity contribution in [1.82, 2.24) is 5.32 Å². The van der Waals surface area contributed by atoms with E-state index in [0.717, 1.165) is 6.20 Å². The smallest absolute Gasteiger partial charge is 0.202 e. The number of aromatic hydroxyl groups is 1. The largest absolute Gasteiger partial charge is 0.508 e. The number of benzene rings is 2. The van der Waals surface area contributed by atoms with Crippen molar-refractivity contribution in [2.24, 2.45) is 10.7 Å². The van der Waals surface area contributed by atoms with Gasteiger partial charge in [0.25, 0.3) is 0 Å². The minimum Gasteiger partial charge on any atom is -0.508 e. The predicted molar refractivity (Wildman–Crippen MR) is 94.8 cm³/mol. The van der Waals surface area contributed by atoms with E-state index in [2.05, 4.69) is 15.6 Å². The van der Waals surface area contributed by atoms with Crippen molar-refractivity contribution < 1.29 is 19.0 Å². The molecule has 0 aromatic heterocycles. The summed E-state index contributed by atoms with van der Waals surface area (Å²) >= 11 is 0. The lowest BCUT2D eigenvalue weighted by molar-refractivity contribution is 0.171. The second-order valence-corrected chi connectivity index (χ2v) is 5.90. The number of halogens is 1. The third-order valence-corrected chi connectivity index (χ3v) is 4.08. The highest BCUT2D eigenvalue weighted by atomic mass is 19.1. The average molecular weight is 356 g/mol. The Bertz CT molecular complexity index is 915. The zero-order valence-electron chi connectivity index (χ0n) is 13.7. The Balaban J connectivity index is 1.67. The van der Waals surface area contributed by atoms with Crippen LogP contribution in [0.1, 0.15) is 5.56 Å². The molecule has 0 radical (unpaired) electrons. The van der Waals surface area contributed by atoms with E-state index < -0.39 is 11.5 Å². The van der Waals surface area contributed by atoms with Crippen LogP contribution in [0.5, 0.6) is 17.2 Å². The van der Waals surface area contributed by atoms with Gasteiger partial charge in [0, 0.05) is 23.5 Å². The van der Waals surface area contributed by atoms with Gasteiger partial charge in [0.1, 0.15) is 19.0 Å². The number of anilines is 1. The number of fused-ring (bicyclic) bond motifs is 1. The molecule has 2 aromatic carbocycles. The first kappa shape index (κ1) is 16.2. The fourth-order valence-corrected chi connectivity index (χ4v) is 2.77. The van der Waals surface area contributed by atoms with Gasteiger partial charge >= 0.3 is 0 Å². The van der Waals surface area contributed by atoms with Crippen LogP contribution >= 0.6 is 0 Å². The lowest BCUT2D eigenvalue weighted by Gasteiger charge is -2.30. The van der Waals surface area contributed by atoms with Crippen molar-refractivity contribution in [3.63, 3.8) is 0 Å². The highest BCUT2D eigenvalue weighted by Crippen LogP contribution is 2.38. The number of hydrogen-bond donors (Lipinski definition) is 4. The number of rotatable bonds is 2. The zero-order valence-corrected chi connectivity index (χ0v) is 13.7. The van der Waals surface area contributed by atoms with Gasteiger partial charge < -0.3 is 25.2 Å². The zero-order chi connectivity index (χ0) is 18.1. The van der Waals surface area contributed by atoms with E-state index in [1.54, 1.807) is 36.4 Å². The van der Waals surface area contributed by atoms with E-state index >= 15 is 0 Å². The Morgan fingerprint density at radius 3 is 2.77 bits per heavy atom. The summed E-state index contributed by atoms with van der Waals surface area (Å²) in [7, 11) is 0. The number of nitrogens with zero attached hydrogens (tertiary/aromatic N) is 1. The molecule has 0 saturated carbocycles. The summed E-state index contributed by atoms with van der Waals surface area (Å²) < 4.78 is 25.6. The molecule has 2 aromatic rings. The fraction of sp³-hybridized carbons (Fsp3) is 0.167. The Hall–Kier alpha value is -3.26. The van der Waals surface area contributed by atoms with Crippen molar-refractivity contribution in [3.05, 3.63) is 60.1 Å². The standard InChI is InChI=1S/C18H17FN4O3/c19-16-10-21-17(22-12-2-1-3-13(24)9-12)23-18(16,20)11-4-5-14-15(8-11)26-7-6-25-14/h1-5,8-10,24H,6-7,20H2,(H2,21,22,23). The number of phenols is 1. The van der Waals surface area contributed by atoms with Crippen molar-refractivity contribution in [3.8, 4) is 17.2 Å². The molecule has 1 atom stereocenters. The first-order valence-corrected chi connectivity index (χ1v) is 8.02. The van der Waals surface area contributed by atoms with Gasteiger partial charge in [-0.25, -0.2) is 9.38 Å². The molecule has 0 bridgehead atoms. The van der Waals surface area contributed by atoms with Crippen molar-refractivity contribution >= 4 is 11.6 Å². The second-order valence-electron chi connectivity index (χ2n) is 5.90. The lowest BCUT2D eigenvalue weighted by Crippen LogP contribution is -2.44. The number of guanidine groups is 1. The monoisotopic (exact) mass is 356 g/mol. The molecule has 0 fully saturated rings. The maximum atomic E-state index is 14.6. The SMILES string of the molecule is NC1(c2ccc3c(c2)OCCO3)N=C(Nc2cccc(O)c2)NC=C1F. The Morgan fingerprint density at radius 2 is 1.96 bits per heavy atom. The lowest BCUT2D eigenvalue weighted by atomic mass is 9.98. The molecule has 1 unspecified atom stereocenters. The Kier molecular flexibility index (Phi) is 3.89. The van der Waals surface area contributed by atoms with Crippen LogP contribution in [-0.4, -0.2) is 24.3 Å². The van der Waals surface area contributed by atoms with Crippen LogP contribution in [0.4, 0.5) is 10.1 Å². The van der Waals surface area contributed by atoms with Gasteiger partial charge in [-0.05, 0) is 24.3 Å². The third-order valence-electron chi connectivity index (χ3n) is 4.08. The van der Waals surface area contributed by atoms with Gasteiger partial charge in [-0.15, -0.1) is 0 Å². The summed E-state index contributed by atoms with van der Waals surface area (Å²) in [6.45, 7) is 0.885. The van der Waals surface area contributed by atoms with E-state index in [1.165, 1.54) is 6.07 Å². The van der Waals surface area contributed by atoms with Gasteiger partial charge in [0.2, 0.25) is 5.96 Å². The van der Waals surface area contributed by atoms with Crippen LogP contribution in [0.25, 0.3) is 0 Å². The topological polar surface area (TPSA) is 101 Å². The highest BCUT2D eigenvalue weighted by molar-refractivity contribution is 5.95. The molecular weight excluding hydrogens is 339 g/mol. The van der Waals surface area contributed by atoms with Gasteiger partial charge in [0.15, 0.2) is 23.0 Å². The van der Waals surface area contributed by atoms with Crippen molar-refractivity contribution in [2.45, 2.75) is 5.66 Å². The summed E-state index contributed by atoms with van der Waals surface area (Å²) in [5.74, 6) is 0.788. The van der Waals surface area contributed by atoms with Gasteiger partial charge in [-0.2, -0.15) is 0 Å². The maximum Gasteiger partial charge on any atom is 0.202 e. The minimum absolute atomic E-state index is 0.0963. The molecule has 2 heterocycles. The van der Waals surface area contributed by atoms with Crippen LogP contribution in [0.3, 0.4) is 0 Å². The third kappa shape index (κ3) is 2.91. The fourth-order valence-electron chi connectivity index (χ4n) is 2.77. The van der Waals surface area contributed by atoms with Gasteiger partial charge in [0.05, 0.1) is 0 Å². The van der Waals surface area contributed by atoms with Crippen LogP contribution in [0, 0.1) is 0 Å². The van der Waals surface area contributed by atoms with E-state index in [1.807, 2.05) is 0 Å². The summed E-state index contributed by atoms with van der Waals surface area (Å²) in [4.78, 5) is 4.29. The average Bonchev–Trinajstić information content (AvgIpc) is 2.64. The summed E-state index contributed by atoms with van der Waals surface area (Å²) in [5, 5.41) is 15.2. The van der Waals surface area contributed by atoms with E-state index in [4.69, 9.17) is 15.2 Å². The molecule has 0 saturated heterocycles. The van der Waals surface area contributed by atoms with E-state index in [9.17, 15) is 9.50 Å². The van der Waals surface area contributed by atoms with Crippen LogP contribution in [0.2, 0.25) is 0 Å². The Morgan fingerprint density at radius 1 is 1.15 bits per heavy atom. The molecule has 134 valence electrons. The number of ether oxygens (including phenoxy) is 2. The molecule has 0 aliphatic carbocycles. The molecule has 2 aliphatic heterocycles. The number of nitrogens with two attached hydrogens (primary N) is 1. The van der Waals surface area contributed by atoms with Crippen LogP contribution in [0.15, 0.2) is 59.5 Å². The van der Waals surface area contributed by atoms with Crippen molar-refractivity contribution in [2.75, 3.05) is 18.5 Å². The van der Waals surface area contributed by atoms with E-state index in [0.29, 0.717) is 36.0 Å². The van der Waals surface area contributed by atoms with Crippen LogP contribution in [-0.2, 0) is 5.66 Å². The predicted octanol–water partition coefficient (Wildman–Crippen LogP) is 2.16. The second kappa shape index (κ2) is 6.23. The molecule has 7 nitrogen and oxygen atoms in total. The number of hydrogen-bond acceptors (Lipinski definition) is 7. The molecule has 0 amide bonds. The summed E-state index contributed by atoms with van der Waals surface area (Å²) in [5.41, 5.74) is 5.57. The molecule has 8 heteroatoms. The summed E-state index contributed by atoms with van der Waals surface area (Å²) in [6, 6.07) is 11.4. The first-order chi connectivity index (χ1) is 12.5. The quantitative estimate of drug-likeness (QED) is 0.658. The Labute approximate surface area is 148 Å². The van der Waals surface area contributed by atoms with Gasteiger partial charge in [-0.3, -0.25) is 5.73 Å². The maximum absolute atomic E-state index is 14.6. The normalized spacial score (nSPS) is 21.3. The first-order valence-electron chi connectivity index (χ1n) is 8.02. The molecule has 2 aliphatic rings. The van der Waals surface area contributed by atoms with E-state index in [-0.39, 0.29) is 11.7 Å². The highest BCUT2D eigenvalue weighted by Gasteiger charge is 2.36. The number of aliphatic imine (C=N–C) groups is 1. The van der Waals surface area contributed by atoms with Gasteiger partial charge in [-0.1, -0.05) is 12.1 Å². The minimum atomic E-state index is -1.71. The molecule has 26 heavy (non-hydrogen) atoms. The molecule has 5 N–H and O–H groups in total. The summed E-state index contributed by atoms with van der Waals surface area (Å²) in [6.07, 6.45) is 1.15. The molecule has 0 spiro atoms. The number of nitrogens with one attached hydrogen (secondary N) is 2. The number of phenolic OH excluding ortho intramolecular Hbond substituents is 1.